The van der Waals surface area contributed by atoms with E-state index in [-0.39, 0.29) is 30.3 Å². The van der Waals surface area contributed by atoms with Gasteiger partial charge in [0.1, 0.15) is 31.3 Å². The lowest BCUT2D eigenvalue weighted by Crippen LogP contribution is -2.64. The third-order valence-corrected chi connectivity index (χ3v) is 9.51. The Hall–Kier alpha value is -3.60. The van der Waals surface area contributed by atoms with Crippen LogP contribution >= 0.6 is 0 Å². The van der Waals surface area contributed by atoms with E-state index in [1.54, 1.807) is 22.9 Å². The Bertz CT molecular complexity index is 1330. The summed E-state index contributed by atoms with van der Waals surface area (Å²) in [5, 5.41) is 19.7. The van der Waals surface area contributed by atoms with E-state index in [2.05, 4.69) is 16.0 Å². The van der Waals surface area contributed by atoms with Crippen LogP contribution in [0.3, 0.4) is 0 Å². The minimum Gasteiger partial charge on any atom is -0.417 e. The first kappa shape index (κ1) is 34.3. The SMILES string of the molecule is CCC(O)CCCCC[C@@H]1NC(=O)[C@H]2CCCCN2C(=O)[C@H]([C@@H](C)CC)NC(=O)[C@H](Cc2cn(OC)c3ccccc23)NC1=O. The van der Waals surface area contributed by atoms with E-state index in [0.29, 0.717) is 45.1 Å². The maximum absolute atomic E-state index is 14.0. The second-order valence-corrected chi connectivity index (χ2v) is 12.6. The minimum atomic E-state index is -0.997. The van der Waals surface area contributed by atoms with Gasteiger partial charge in [0, 0.05) is 24.5 Å². The summed E-state index contributed by atoms with van der Waals surface area (Å²) < 4.78 is 1.63. The fraction of sp³-hybridized carbons (Fsp3) is 0.647. The predicted molar refractivity (Wildman–Crippen MR) is 172 cm³/mol. The Morgan fingerprint density at radius 2 is 1.67 bits per heavy atom. The molecule has 0 bridgehead atoms. The Balaban J connectivity index is 1.66. The number of rotatable bonds is 12. The van der Waals surface area contributed by atoms with Crippen LogP contribution in [-0.4, -0.2) is 82.3 Å². The summed E-state index contributed by atoms with van der Waals surface area (Å²) in [6.45, 7) is 6.26. The molecule has 248 valence electrons. The van der Waals surface area contributed by atoms with Gasteiger partial charge in [-0.25, -0.2) is 0 Å². The number of carbonyl (C=O) groups is 4. The molecule has 1 aromatic heterocycles. The molecule has 4 N–H and O–H groups in total. The first-order chi connectivity index (χ1) is 21.7. The van der Waals surface area contributed by atoms with Crippen molar-refractivity contribution in [1.82, 2.24) is 25.6 Å². The average Bonchev–Trinajstić information content (AvgIpc) is 3.41. The number of piperidine rings is 1. The van der Waals surface area contributed by atoms with Crippen molar-refractivity contribution >= 4 is 34.5 Å². The number of nitrogens with zero attached hydrogens (tertiary/aromatic N) is 2. The van der Waals surface area contributed by atoms with Crippen LogP contribution in [0.2, 0.25) is 0 Å². The van der Waals surface area contributed by atoms with Crippen molar-refractivity contribution in [3.05, 3.63) is 36.0 Å². The van der Waals surface area contributed by atoms with Crippen LogP contribution < -0.4 is 20.8 Å². The standard InChI is InChI=1S/C34H51N5O6/c1-5-22(3)30-34(44)38-19-13-12-18-29(38)33(43)35-26(16-9-7-8-14-24(40)6-2)31(41)36-27(32(42)37-30)20-23-21-39(45-4)28-17-11-10-15-25(23)28/h10-11,15,17,21-22,24,26-27,29-30,40H,5-9,12-14,16,18-20H2,1-4H3,(H,35,43)(H,36,41)(H,37,42)/t22-,24?,26-,27-,29+,30-/m0/s1. The molecule has 2 aromatic rings. The van der Waals surface area contributed by atoms with Gasteiger partial charge in [0.2, 0.25) is 23.6 Å². The van der Waals surface area contributed by atoms with Gasteiger partial charge in [0.15, 0.2) is 0 Å². The second-order valence-electron chi connectivity index (χ2n) is 12.6. The van der Waals surface area contributed by atoms with E-state index in [4.69, 9.17) is 4.84 Å². The molecule has 4 amide bonds. The Labute approximate surface area is 266 Å². The number of carbonyl (C=O) groups excluding carboxylic acids is 4. The highest BCUT2D eigenvalue weighted by atomic mass is 16.6. The van der Waals surface area contributed by atoms with Crippen LogP contribution in [0.4, 0.5) is 0 Å². The molecule has 1 aromatic carbocycles. The summed E-state index contributed by atoms with van der Waals surface area (Å²) in [5.74, 6) is -1.64. The third-order valence-electron chi connectivity index (χ3n) is 9.51. The average molecular weight is 626 g/mol. The van der Waals surface area contributed by atoms with E-state index in [0.717, 1.165) is 42.1 Å². The molecule has 2 aliphatic heterocycles. The number of benzene rings is 1. The number of nitrogens with one attached hydrogen (secondary N) is 3. The maximum Gasteiger partial charge on any atom is 0.246 e. The van der Waals surface area contributed by atoms with Crippen molar-refractivity contribution in [2.75, 3.05) is 13.7 Å². The molecule has 0 saturated carbocycles. The number of hydrogen-bond donors (Lipinski definition) is 4. The van der Waals surface area contributed by atoms with Crippen LogP contribution in [-0.2, 0) is 25.6 Å². The van der Waals surface area contributed by atoms with Crippen molar-refractivity contribution in [2.24, 2.45) is 5.92 Å². The van der Waals surface area contributed by atoms with Crippen LogP contribution in [0.5, 0.6) is 0 Å². The quantitative estimate of drug-likeness (QED) is 0.267. The number of amides is 4. The molecule has 45 heavy (non-hydrogen) atoms. The Morgan fingerprint density at radius 3 is 2.40 bits per heavy atom. The molecule has 11 nitrogen and oxygen atoms in total. The third kappa shape index (κ3) is 8.36. The van der Waals surface area contributed by atoms with Gasteiger partial charge in [-0.15, -0.1) is 0 Å². The molecule has 0 spiro atoms. The lowest BCUT2D eigenvalue weighted by molar-refractivity contribution is -0.147. The zero-order valence-electron chi connectivity index (χ0n) is 27.2. The lowest BCUT2D eigenvalue weighted by Gasteiger charge is -2.39. The first-order valence-corrected chi connectivity index (χ1v) is 16.7. The largest absolute Gasteiger partial charge is 0.417 e. The first-order valence-electron chi connectivity index (χ1n) is 16.7. The second kappa shape index (κ2) is 16.1. The highest BCUT2D eigenvalue weighted by Crippen LogP contribution is 2.24. The van der Waals surface area contributed by atoms with Gasteiger partial charge in [-0.05, 0) is 56.1 Å². The van der Waals surface area contributed by atoms with E-state index in [1.807, 2.05) is 45.0 Å². The van der Waals surface area contributed by atoms with Crippen molar-refractivity contribution in [3.8, 4) is 0 Å². The van der Waals surface area contributed by atoms with Gasteiger partial charge in [0.25, 0.3) is 0 Å². The number of aliphatic hydroxyl groups is 1. The molecule has 11 heteroatoms. The highest BCUT2D eigenvalue weighted by molar-refractivity contribution is 5.98. The summed E-state index contributed by atoms with van der Waals surface area (Å²) in [5.41, 5.74) is 1.63. The van der Waals surface area contributed by atoms with Crippen LogP contribution in [0.1, 0.15) is 90.5 Å². The van der Waals surface area contributed by atoms with Crippen LogP contribution in [0.15, 0.2) is 30.5 Å². The molecule has 1 unspecified atom stereocenters. The van der Waals surface area contributed by atoms with Gasteiger partial charge in [0.05, 0.1) is 11.6 Å². The van der Waals surface area contributed by atoms with E-state index >= 15 is 0 Å². The van der Waals surface area contributed by atoms with Gasteiger partial charge >= 0.3 is 0 Å². The van der Waals surface area contributed by atoms with Crippen LogP contribution in [0.25, 0.3) is 10.9 Å². The van der Waals surface area contributed by atoms with E-state index in [9.17, 15) is 24.3 Å². The predicted octanol–water partition coefficient (Wildman–Crippen LogP) is 2.86. The van der Waals surface area contributed by atoms with Gasteiger partial charge in [-0.1, -0.05) is 64.7 Å². The highest BCUT2D eigenvalue weighted by Gasteiger charge is 2.40. The topological polar surface area (TPSA) is 142 Å². The van der Waals surface area contributed by atoms with E-state index < -0.39 is 36.0 Å². The summed E-state index contributed by atoms with van der Waals surface area (Å²) in [6, 6.07) is 4.28. The molecule has 3 heterocycles. The zero-order chi connectivity index (χ0) is 32.5. The number of fused-ring (bicyclic) bond motifs is 2. The van der Waals surface area contributed by atoms with E-state index in [1.165, 1.54) is 0 Å². The molecule has 6 atom stereocenters. The van der Waals surface area contributed by atoms with Gasteiger partial charge < -0.3 is 30.8 Å². The Kier molecular flexibility index (Phi) is 12.3. The Morgan fingerprint density at radius 1 is 0.933 bits per heavy atom. The molecule has 4 rings (SSSR count). The number of unbranched alkanes of at least 4 members (excludes halogenated alkanes) is 2. The minimum absolute atomic E-state index is 0.164. The maximum atomic E-state index is 14.0. The molecular weight excluding hydrogens is 574 g/mol. The summed E-state index contributed by atoms with van der Waals surface area (Å²) in [6.07, 6.45) is 8.40. The van der Waals surface area contributed by atoms with Crippen molar-refractivity contribution < 1.29 is 29.1 Å². The number of aromatic nitrogens is 1. The molecule has 2 aliphatic rings. The van der Waals surface area contributed by atoms with Gasteiger partial charge in [-0.3, -0.25) is 19.2 Å². The monoisotopic (exact) mass is 625 g/mol. The van der Waals surface area contributed by atoms with Gasteiger partial charge in [-0.2, -0.15) is 4.73 Å². The molecule has 2 saturated heterocycles. The van der Waals surface area contributed by atoms with Crippen LogP contribution in [0, 0.1) is 5.92 Å². The normalized spacial score (nSPS) is 24.5. The fourth-order valence-corrected chi connectivity index (χ4v) is 6.46. The molecular formula is C34H51N5O6. The smallest absolute Gasteiger partial charge is 0.246 e. The summed E-state index contributed by atoms with van der Waals surface area (Å²) >= 11 is 0. The summed E-state index contributed by atoms with van der Waals surface area (Å²) in [4.78, 5) is 62.8. The number of hydrogen-bond acceptors (Lipinski definition) is 6. The molecule has 0 aliphatic carbocycles. The van der Waals surface area contributed by atoms with Crippen molar-refractivity contribution in [3.63, 3.8) is 0 Å². The van der Waals surface area contributed by atoms with Crippen molar-refractivity contribution in [1.29, 1.82) is 0 Å². The lowest BCUT2D eigenvalue weighted by atomic mass is 9.93. The number of aliphatic hydroxyl groups excluding tert-OH is 1. The molecule has 2 fully saturated rings. The summed E-state index contributed by atoms with van der Waals surface area (Å²) in [7, 11) is 1.56. The zero-order valence-corrected chi connectivity index (χ0v) is 27.2. The van der Waals surface area contributed by atoms with Crippen molar-refractivity contribution in [2.45, 2.75) is 122 Å². The molecule has 0 radical (unpaired) electrons. The fourth-order valence-electron chi connectivity index (χ4n) is 6.46. The number of para-hydroxylation sites is 1.